The van der Waals surface area contributed by atoms with Crippen molar-refractivity contribution in [2.45, 2.75) is 13.5 Å². The molecule has 0 spiro atoms. The molecule has 0 aromatic heterocycles. The summed E-state index contributed by atoms with van der Waals surface area (Å²) in [6.07, 6.45) is 1.80. The third kappa shape index (κ3) is 5.55. The molecule has 0 aliphatic heterocycles. The summed E-state index contributed by atoms with van der Waals surface area (Å²) in [6.45, 7) is 3.02. The monoisotopic (exact) mass is 344 g/mol. The molecule has 2 aromatic carbocycles. The summed E-state index contributed by atoms with van der Waals surface area (Å²) in [5.41, 5.74) is 4.89. The number of benzene rings is 2. The predicted molar refractivity (Wildman–Crippen MR) is 99.3 cm³/mol. The molecule has 0 aliphatic rings. The molecule has 3 N–H and O–H groups in total. The number of hydrogen-bond donors (Lipinski definition) is 3. The molecule has 0 aliphatic carbocycles. The van der Waals surface area contributed by atoms with Crippen molar-refractivity contribution in [3.8, 4) is 11.5 Å². The van der Waals surface area contributed by atoms with Crippen LogP contribution in [0.3, 0.4) is 0 Å². The molecule has 0 atom stereocenters. The zero-order valence-electron chi connectivity index (χ0n) is 13.8. The van der Waals surface area contributed by atoms with Crippen LogP contribution < -0.4 is 25.3 Å². The van der Waals surface area contributed by atoms with Crippen LogP contribution in [-0.2, 0) is 6.61 Å². The first kappa shape index (κ1) is 17.7. The zero-order valence-corrected chi connectivity index (χ0v) is 14.7. The van der Waals surface area contributed by atoms with Crippen molar-refractivity contribution in [2.24, 2.45) is 0 Å². The van der Waals surface area contributed by atoms with E-state index in [2.05, 4.69) is 15.8 Å². The van der Waals surface area contributed by atoms with Crippen molar-refractivity contribution in [3.63, 3.8) is 0 Å². The first-order valence-corrected chi connectivity index (χ1v) is 8.13. The van der Waals surface area contributed by atoms with Crippen molar-refractivity contribution in [2.75, 3.05) is 13.7 Å². The maximum atomic E-state index is 5.89. The van der Waals surface area contributed by atoms with Crippen LogP contribution >= 0.6 is 12.2 Å². The van der Waals surface area contributed by atoms with Crippen molar-refractivity contribution >= 4 is 23.5 Å². The quantitative estimate of drug-likeness (QED) is 0.400. The highest BCUT2D eigenvalue weighted by atomic mass is 32.1. The molecular weight excluding hydrogens is 322 g/mol. The minimum atomic E-state index is 0.500. The number of nitrogens with one attached hydrogen (secondary N) is 3. The second-order valence-corrected chi connectivity index (χ2v) is 5.31. The first-order valence-electron chi connectivity index (χ1n) is 7.73. The molecule has 2 aromatic rings. The molecule has 6 heteroatoms. The fourth-order valence-electron chi connectivity index (χ4n) is 1.98. The van der Waals surface area contributed by atoms with Crippen LogP contribution in [0, 0.1) is 0 Å². The molecule has 2 rings (SSSR count). The minimum absolute atomic E-state index is 0.500. The predicted octanol–water partition coefficient (Wildman–Crippen LogP) is 1.17. The highest BCUT2D eigenvalue weighted by Gasteiger charge is 2.07. The van der Waals surface area contributed by atoms with E-state index in [0.29, 0.717) is 24.1 Å². The summed E-state index contributed by atoms with van der Waals surface area (Å²) >= 11 is 4.99. The molecule has 0 fully saturated rings. The Morgan fingerprint density at radius 1 is 1.12 bits per heavy atom. The molecule has 126 valence electrons. The molecule has 24 heavy (non-hydrogen) atoms. The van der Waals surface area contributed by atoms with Gasteiger partial charge in [0.15, 0.2) is 17.7 Å². The Morgan fingerprint density at radius 2 is 1.92 bits per heavy atom. The van der Waals surface area contributed by atoms with Crippen LogP contribution in [0.1, 0.15) is 18.1 Å². The van der Waals surface area contributed by atoms with Gasteiger partial charge in [0.25, 0.3) is 0 Å². The van der Waals surface area contributed by atoms with Crippen molar-refractivity contribution in [1.82, 2.24) is 10.7 Å². The van der Waals surface area contributed by atoms with Crippen LogP contribution in [0.15, 0.2) is 48.5 Å². The van der Waals surface area contributed by atoms with Crippen LogP contribution in [0.2, 0.25) is 0 Å². The van der Waals surface area contributed by atoms with Crippen LogP contribution in [0.25, 0.3) is 0 Å². The average molecular weight is 344 g/mol. The fraction of sp³-hybridized carbons (Fsp3) is 0.222. The lowest BCUT2D eigenvalue weighted by Crippen LogP contribution is -2.82. The lowest BCUT2D eigenvalue weighted by Gasteiger charge is -2.12. The Labute approximate surface area is 147 Å². The Bertz CT molecular complexity index is 690. The Hall–Kier alpha value is -2.60. The minimum Gasteiger partial charge on any atom is -0.490 e. The van der Waals surface area contributed by atoms with Gasteiger partial charge in [0.05, 0.1) is 6.61 Å². The summed E-state index contributed by atoms with van der Waals surface area (Å²) in [4.78, 5) is 0. The van der Waals surface area contributed by atoms with Gasteiger partial charge in [0, 0.05) is 12.6 Å². The van der Waals surface area contributed by atoms with Gasteiger partial charge in [-0.3, -0.25) is 0 Å². The van der Waals surface area contributed by atoms with Gasteiger partial charge in [0.1, 0.15) is 6.61 Å². The highest BCUT2D eigenvalue weighted by molar-refractivity contribution is 7.80. The van der Waals surface area contributed by atoms with E-state index >= 15 is 0 Å². The second-order valence-electron chi connectivity index (χ2n) is 4.91. The summed E-state index contributed by atoms with van der Waals surface area (Å²) < 4.78 is 11.6. The number of hydrogen-bond acceptors (Lipinski definition) is 3. The summed E-state index contributed by atoms with van der Waals surface area (Å²) in [5, 5.41) is 6.25. The van der Waals surface area contributed by atoms with Crippen molar-refractivity contribution in [1.29, 1.82) is 0 Å². The van der Waals surface area contributed by atoms with Gasteiger partial charge < -0.3 is 14.8 Å². The smallest absolute Gasteiger partial charge is 0.223 e. The molecule has 0 bridgehead atoms. The fourth-order valence-corrected chi connectivity index (χ4v) is 2.04. The molecule has 0 amide bonds. The Balaban J connectivity index is 2.06. The lowest BCUT2D eigenvalue weighted by molar-refractivity contribution is -0.500. The Morgan fingerprint density at radius 3 is 2.62 bits per heavy atom. The van der Waals surface area contributed by atoms with Crippen LogP contribution in [-0.4, -0.2) is 25.0 Å². The number of hydrazone groups is 1. The largest absolute Gasteiger partial charge is 0.490 e. The van der Waals surface area contributed by atoms with E-state index in [1.807, 2.05) is 55.5 Å². The normalized spacial score (nSPS) is 10.4. The Kier molecular flexibility index (Phi) is 7.04. The van der Waals surface area contributed by atoms with Gasteiger partial charge in [0.2, 0.25) is 5.11 Å². The maximum absolute atomic E-state index is 5.89. The molecule has 0 heterocycles. The topological polar surface area (TPSA) is 56.5 Å². The SMILES string of the molecule is CCOc1cc(C=[NH+]NC(=S)NC)ccc1OCc1ccccc1. The van der Waals surface area contributed by atoms with Crippen LogP contribution in [0.4, 0.5) is 0 Å². The van der Waals surface area contributed by atoms with Crippen molar-refractivity contribution < 1.29 is 14.6 Å². The summed E-state index contributed by atoms with van der Waals surface area (Å²) in [6, 6.07) is 15.8. The standard InChI is InChI=1S/C18H21N3O2S/c1-3-22-17-11-15(12-20-21-18(24)19-2)9-10-16(17)23-13-14-7-5-4-6-8-14/h4-12H,3,13H2,1-2H3,(H2,19,21,24)/p+1. The third-order valence-electron chi connectivity index (χ3n) is 3.16. The first-order chi connectivity index (χ1) is 11.7. The maximum Gasteiger partial charge on any atom is 0.223 e. The van der Waals surface area contributed by atoms with E-state index in [1.165, 1.54) is 0 Å². The second kappa shape index (κ2) is 9.52. The van der Waals surface area contributed by atoms with Gasteiger partial charge in [-0.25, -0.2) is 0 Å². The molecule has 0 saturated heterocycles. The number of hydrazine groups is 1. The van der Waals surface area contributed by atoms with E-state index in [0.717, 1.165) is 16.9 Å². The lowest BCUT2D eigenvalue weighted by atomic mass is 10.2. The zero-order chi connectivity index (χ0) is 17.2. The average Bonchev–Trinajstić information content (AvgIpc) is 2.62. The highest BCUT2D eigenvalue weighted by Crippen LogP contribution is 2.28. The summed E-state index contributed by atoms with van der Waals surface area (Å²) in [7, 11) is 1.75. The number of ether oxygens (including phenoxy) is 2. The van der Waals surface area contributed by atoms with E-state index in [4.69, 9.17) is 21.7 Å². The van der Waals surface area contributed by atoms with Gasteiger partial charge in [-0.15, -0.1) is 10.5 Å². The molecule has 0 radical (unpaired) electrons. The van der Waals surface area contributed by atoms with E-state index < -0.39 is 0 Å². The number of rotatable bonds is 7. The number of thiocarbonyl (C=S) groups is 1. The van der Waals surface area contributed by atoms with Gasteiger partial charge in [-0.2, -0.15) is 0 Å². The van der Waals surface area contributed by atoms with Gasteiger partial charge in [-0.1, -0.05) is 30.3 Å². The molecular formula is C18H22N3O2S+. The molecule has 0 saturated carbocycles. The molecule has 0 unspecified atom stereocenters. The van der Waals surface area contributed by atoms with E-state index in [9.17, 15) is 0 Å². The van der Waals surface area contributed by atoms with Gasteiger partial charge in [-0.05, 0) is 42.9 Å². The summed E-state index contributed by atoms with van der Waals surface area (Å²) in [5.74, 6) is 1.43. The van der Waals surface area contributed by atoms with E-state index in [1.54, 1.807) is 13.3 Å². The van der Waals surface area contributed by atoms with E-state index in [-0.39, 0.29) is 0 Å². The third-order valence-corrected chi connectivity index (χ3v) is 3.46. The van der Waals surface area contributed by atoms with Crippen molar-refractivity contribution in [3.05, 3.63) is 59.7 Å². The molecule has 5 nitrogen and oxygen atoms in total. The van der Waals surface area contributed by atoms with Crippen LogP contribution in [0.5, 0.6) is 11.5 Å². The van der Waals surface area contributed by atoms with Gasteiger partial charge >= 0.3 is 0 Å².